The highest BCUT2D eigenvalue weighted by Gasteiger charge is 2.19. The molecule has 0 aliphatic rings. The van der Waals surface area contributed by atoms with Gasteiger partial charge >= 0.3 is 0 Å². The molecule has 1 heterocycles. The lowest BCUT2D eigenvalue weighted by Crippen LogP contribution is -2.26. The maximum Gasteiger partial charge on any atom is 0.250 e. The van der Waals surface area contributed by atoms with E-state index in [4.69, 9.17) is 5.73 Å². The average Bonchev–Trinajstić information content (AvgIpc) is 2.77. The largest absolute Gasteiger partial charge is 0.398 e. The summed E-state index contributed by atoms with van der Waals surface area (Å²) >= 11 is 4.46. The number of benzene rings is 1. The van der Waals surface area contributed by atoms with E-state index in [1.54, 1.807) is 12.3 Å². The van der Waals surface area contributed by atoms with E-state index in [2.05, 4.69) is 20.7 Å². The van der Waals surface area contributed by atoms with E-state index in [1.807, 2.05) is 24.3 Å². The molecule has 0 fully saturated rings. The third-order valence-electron chi connectivity index (χ3n) is 2.56. The lowest BCUT2D eigenvalue weighted by molar-refractivity contribution is 0.569. The van der Waals surface area contributed by atoms with Crippen LogP contribution in [0.3, 0.4) is 0 Å². The number of thiophene rings is 1. The summed E-state index contributed by atoms with van der Waals surface area (Å²) in [5.74, 6) is 0. The number of halogens is 1. The first-order valence-electron chi connectivity index (χ1n) is 5.50. The van der Waals surface area contributed by atoms with E-state index in [0.717, 1.165) is 21.4 Å². The highest BCUT2D eigenvalue weighted by Crippen LogP contribution is 2.24. The number of nitrogens with one attached hydrogen (secondary N) is 1. The van der Waals surface area contributed by atoms with Crippen molar-refractivity contribution >= 4 is 43.0 Å². The van der Waals surface area contributed by atoms with Gasteiger partial charge in [0, 0.05) is 21.6 Å². The summed E-state index contributed by atoms with van der Waals surface area (Å²) in [6, 6.07) is 8.66. The van der Waals surface area contributed by atoms with Crippen LogP contribution in [0, 0.1) is 0 Å². The molecule has 0 bridgehead atoms. The van der Waals surface area contributed by atoms with E-state index in [-0.39, 0.29) is 10.3 Å². The molecule has 0 amide bonds. The van der Waals surface area contributed by atoms with Crippen molar-refractivity contribution < 1.29 is 8.42 Å². The molecule has 1 aromatic carbocycles. The van der Waals surface area contributed by atoms with E-state index in [9.17, 15) is 8.42 Å². The van der Waals surface area contributed by atoms with Gasteiger partial charge in [0.1, 0.15) is 4.21 Å². The minimum Gasteiger partial charge on any atom is -0.398 e. The number of anilines is 1. The summed E-state index contributed by atoms with van der Waals surface area (Å²) in [6.45, 7) is 1.80. The molecule has 102 valence electrons. The van der Waals surface area contributed by atoms with Crippen LogP contribution in [0.5, 0.6) is 0 Å². The van der Waals surface area contributed by atoms with Crippen molar-refractivity contribution in [3.63, 3.8) is 0 Å². The Bertz CT molecular complexity index is 665. The van der Waals surface area contributed by atoms with Crippen LogP contribution in [0.1, 0.15) is 18.5 Å². The summed E-state index contributed by atoms with van der Waals surface area (Å²) in [5.41, 5.74) is 6.91. The van der Waals surface area contributed by atoms with Crippen molar-refractivity contribution in [2.24, 2.45) is 0 Å². The molecule has 0 spiro atoms. The molecule has 1 atom stereocenters. The standard InChI is InChI=1S/C12H13BrN2O2S2/c1-8(9-2-4-10(13)5-3-9)15-19(16,17)12-6-11(14)7-18-12/h2-8,15H,14H2,1H3/t8-/m1/s1. The monoisotopic (exact) mass is 360 g/mol. The van der Waals surface area contributed by atoms with Gasteiger partial charge in [-0.3, -0.25) is 0 Å². The fraction of sp³-hybridized carbons (Fsp3) is 0.167. The van der Waals surface area contributed by atoms with Crippen LogP contribution in [0.2, 0.25) is 0 Å². The summed E-state index contributed by atoms with van der Waals surface area (Å²) in [6.07, 6.45) is 0. The number of nitrogens with two attached hydrogens (primary N) is 1. The molecule has 2 aromatic rings. The van der Waals surface area contributed by atoms with Crippen LogP contribution >= 0.6 is 27.3 Å². The number of hydrogen-bond acceptors (Lipinski definition) is 4. The molecular formula is C12H13BrN2O2S2. The summed E-state index contributed by atoms with van der Waals surface area (Å²) < 4.78 is 28.1. The molecule has 0 aliphatic carbocycles. The normalized spacial score (nSPS) is 13.4. The summed E-state index contributed by atoms with van der Waals surface area (Å²) in [7, 11) is -3.52. The van der Waals surface area contributed by atoms with Gasteiger partial charge in [-0.15, -0.1) is 11.3 Å². The molecule has 0 saturated heterocycles. The number of nitrogen functional groups attached to an aromatic ring is 1. The van der Waals surface area contributed by atoms with Gasteiger partial charge in [-0.2, -0.15) is 0 Å². The SMILES string of the molecule is C[C@@H](NS(=O)(=O)c1cc(N)cs1)c1ccc(Br)cc1. The summed E-state index contributed by atoms with van der Waals surface area (Å²) in [4.78, 5) is 0. The molecule has 0 unspecified atom stereocenters. The number of hydrogen-bond donors (Lipinski definition) is 2. The van der Waals surface area contributed by atoms with Crippen molar-refractivity contribution in [2.75, 3.05) is 5.73 Å². The van der Waals surface area contributed by atoms with Gasteiger partial charge in [0.15, 0.2) is 0 Å². The fourth-order valence-corrected chi connectivity index (χ4v) is 4.17. The van der Waals surface area contributed by atoms with Gasteiger partial charge in [0.05, 0.1) is 0 Å². The first-order valence-corrected chi connectivity index (χ1v) is 8.66. The van der Waals surface area contributed by atoms with Crippen LogP contribution in [0.25, 0.3) is 0 Å². The zero-order valence-corrected chi connectivity index (χ0v) is 13.3. The first kappa shape index (κ1) is 14.5. The smallest absolute Gasteiger partial charge is 0.250 e. The average molecular weight is 361 g/mol. The molecule has 0 radical (unpaired) electrons. The van der Waals surface area contributed by atoms with Gasteiger partial charge in [-0.05, 0) is 30.7 Å². The Kier molecular flexibility index (Phi) is 4.29. The maximum absolute atomic E-state index is 12.1. The Hall–Kier alpha value is -0.890. The fourth-order valence-electron chi connectivity index (χ4n) is 1.58. The molecule has 19 heavy (non-hydrogen) atoms. The molecule has 0 saturated carbocycles. The number of rotatable bonds is 4. The van der Waals surface area contributed by atoms with E-state index in [0.29, 0.717) is 5.69 Å². The van der Waals surface area contributed by atoms with E-state index in [1.165, 1.54) is 6.07 Å². The van der Waals surface area contributed by atoms with Gasteiger partial charge < -0.3 is 5.73 Å². The summed E-state index contributed by atoms with van der Waals surface area (Å²) in [5, 5.41) is 1.61. The van der Waals surface area contributed by atoms with Gasteiger partial charge in [0.2, 0.25) is 0 Å². The van der Waals surface area contributed by atoms with Crippen LogP contribution in [0.4, 0.5) is 5.69 Å². The highest BCUT2D eigenvalue weighted by atomic mass is 79.9. The molecule has 3 N–H and O–H groups in total. The van der Waals surface area contributed by atoms with Crippen LogP contribution in [-0.4, -0.2) is 8.42 Å². The topological polar surface area (TPSA) is 72.2 Å². The van der Waals surface area contributed by atoms with Crippen LogP contribution < -0.4 is 10.5 Å². The lowest BCUT2D eigenvalue weighted by Gasteiger charge is -2.13. The molecule has 4 nitrogen and oxygen atoms in total. The van der Waals surface area contributed by atoms with Gasteiger partial charge in [-0.1, -0.05) is 28.1 Å². The second kappa shape index (κ2) is 5.62. The predicted octanol–water partition coefficient (Wildman–Crippen LogP) is 3.13. The maximum atomic E-state index is 12.1. The Labute approximate surface area is 124 Å². The second-order valence-electron chi connectivity index (χ2n) is 4.09. The van der Waals surface area contributed by atoms with E-state index < -0.39 is 10.0 Å². The minimum absolute atomic E-state index is 0.231. The van der Waals surface area contributed by atoms with Crippen molar-refractivity contribution in [1.29, 1.82) is 0 Å². The van der Waals surface area contributed by atoms with Crippen molar-refractivity contribution in [2.45, 2.75) is 17.2 Å². The second-order valence-corrected chi connectivity index (χ2v) is 7.86. The zero-order chi connectivity index (χ0) is 14.0. The molecule has 2 rings (SSSR count). The zero-order valence-electron chi connectivity index (χ0n) is 10.1. The van der Waals surface area contributed by atoms with E-state index >= 15 is 0 Å². The van der Waals surface area contributed by atoms with Crippen LogP contribution in [0.15, 0.2) is 44.4 Å². The van der Waals surface area contributed by atoms with Gasteiger partial charge in [0.25, 0.3) is 10.0 Å². The van der Waals surface area contributed by atoms with Gasteiger partial charge in [-0.25, -0.2) is 13.1 Å². The molecule has 7 heteroatoms. The Morgan fingerprint density at radius 3 is 2.47 bits per heavy atom. The quantitative estimate of drug-likeness (QED) is 0.879. The minimum atomic E-state index is -3.52. The molecular weight excluding hydrogens is 348 g/mol. The van der Waals surface area contributed by atoms with Crippen molar-refractivity contribution in [3.05, 3.63) is 45.7 Å². The van der Waals surface area contributed by atoms with Crippen molar-refractivity contribution in [1.82, 2.24) is 4.72 Å². The Balaban J connectivity index is 2.18. The number of sulfonamides is 1. The molecule has 0 aliphatic heterocycles. The first-order chi connectivity index (χ1) is 8.88. The highest BCUT2D eigenvalue weighted by molar-refractivity contribution is 9.10. The third-order valence-corrected chi connectivity index (χ3v) is 6.09. The molecule has 1 aromatic heterocycles. The Morgan fingerprint density at radius 2 is 1.95 bits per heavy atom. The predicted molar refractivity (Wildman–Crippen MR) is 81.6 cm³/mol. The Morgan fingerprint density at radius 1 is 1.32 bits per heavy atom. The lowest BCUT2D eigenvalue weighted by atomic mass is 10.1. The van der Waals surface area contributed by atoms with Crippen LogP contribution in [-0.2, 0) is 10.0 Å². The van der Waals surface area contributed by atoms with Crippen molar-refractivity contribution in [3.8, 4) is 0 Å². The third kappa shape index (κ3) is 3.56.